The lowest BCUT2D eigenvalue weighted by atomic mass is 10.1. The van der Waals surface area contributed by atoms with Crippen LogP contribution < -0.4 is 10.8 Å². The number of aromatic nitrogens is 2. The Balaban J connectivity index is 2.07. The van der Waals surface area contributed by atoms with Crippen molar-refractivity contribution in [1.29, 1.82) is 0 Å². The quantitative estimate of drug-likeness (QED) is 0.468. The molecule has 7 heteroatoms. The summed E-state index contributed by atoms with van der Waals surface area (Å²) in [5.41, 5.74) is 7.49. The van der Waals surface area contributed by atoms with Gasteiger partial charge in [0.15, 0.2) is 0 Å². The fourth-order valence-corrected chi connectivity index (χ4v) is 2.98. The zero-order valence-corrected chi connectivity index (χ0v) is 15.0. The van der Waals surface area contributed by atoms with Gasteiger partial charge in [-0.1, -0.05) is 17.7 Å². The molecular formula is C19H22N4O3. The number of nitrogens with one attached hydrogen (secondary N) is 2. The third kappa shape index (κ3) is 3.40. The molecule has 0 aliphatic carbocycles. The van der Waals surface area contributed by atoms with Crippen LogP contribution in [0.3, 0.4) is 0 Å². The maximum Gasteiger partial charge on any atom is 0.293 e. The van der Waals surface area contributed by atoms with Crippen LogP contribution in [0.2, 0.25) is 0 Å². The minimum absolute atomic E-state index is 0.0249. The summed E-state index contributed by atoms with van der Waals surface area (Å²) in [6.45, 7) is 3.91. The molecule has 136 valence electrons. The zero-order valence-electron chi connectivity index (χ0n) is 15.0. The van der Waals surface area contributed by atoms with Crippen LogP contribution in [0.5, 0.6) is 0 Å². The highest BCUT2D eigenvalue weighted by atomic mass is 16.7. The average molecular weight is 354 g/mol. The highest BCUT2D eigenvalue weighted by molar-refractivity contribution is 6.09. The molecule has 3 N–H and O–H groups in total. The van der Waals surface area contributed by atoms with Gasteiger partial charge in [0.05, 0.1) is 24.4 Å². The smallest absolute Gasteiger partial charge is 0.293 e. The van der Waals surface area contributed by atoms with Crippen molar-refractivity contribution in [3.8, 4) is 0 Å². The van der Waals surface area contributed by atoms with E-state index in [1.807, 2.05) is 39.1 Å². The van der Waals surface area contributed by atoms with Gasteiger partial charge in [-0.2, -0.15) is 0 Å². The highest BCUT2D eigenvalue weighted by Crippen LogP contribution is 2.33. The molecule has 2 heterocycles. The van der Waals surface area contributed by atoms with Crippen LogP contribution in [-0.2, 0) is 11.9 Å². The van der Waals surface area contributed by atoms with E-state index in [0.29, 0.717) is 11.4 Å². The molecule has 0 atom stereocenters. The fraction of sp³-hybridized carbons (Fsp3) is 0.263. The van der Waals surface area contributed by atoms with Crippen LogP contribution in [0.25, 0.3) is 10.9 Å². The summed E-state index contributed by atoms with van der Waals surface area (Å²) >= 11 is 0. The van der Waals surface area contributed by atoms with Crippen LogP contribution in [0.4, 0.5) is 11.4 Å². The number of aryl methyl sites for hydroxylation is 3. The molecule has 0 aliphatic rings. The molecule has 0 saturated carbocycles. The highest BCUT2D eigenvalue weighted by Gasteiger charge is 2.22. The second-order valence-corrected chi connectivity index (χ2v) is 6.12. The molecular weight excluding hydrogens is 332 g/mol. The van der Waals surface area contributed by atoms with Crippen LogP contribution in [-0.4, -0.2) is 33.8 Å². The first kappa shape index (κ1) is 17.9. The molecule has 1 amide bonds. The predicted molar refractivity (Wildman–Crippen MR) is 100 cm³/mol. The first-order chi connectivity index (χ1) is 12.5. The Hall–Kier alpha value is -2.90. The lowest BCUT2D eigenvalue weighted by Gasteiger charge is -2.13. The number of hydrogen-bond donors (Lipinski definition) is 3. The lowest BCUT2D eigenvalue weighted by molar-refractivity contribution is 0.0163. The number of hydroxylamine groups is 1. The molecule has 7 nitrogen and oxygen atoms in total. The number of carbonyl (C=O) groups excluding carboxylic acids is 1. The van der Waals surface area contributed by atoms with E-state index in [9.17, 15) is 4.79 Å². The summed E-state index contributed by atoms with van der Waals surface area (Å²) in [5.74, 6) is -0.399. The summed E-state index contributed by atoms with van der Waals surface area (Å²) < 4.78 is 1.79. The minimum Gasteiger partial charge on any atom is -0.394 e. The van der Waals surface area contributed by atoms with Crippen molar-refractivity contribution < 1.29 is 14.7 Å². The van der Waals surface area contributed by atoms with E-state index >= 15 is 0 Å². The van der Waals surface area contributed by atoms with Gasteiger partial charge in [-0.15, -0.1) is 0 Å². The minimum atomic E-state index is -0.399. The number of aliphatic hydroxyl groups is 1. The number of pyridine rings is 1. The number of benzene rings is 1. The zero-order chi connectivity index (χ0) is 18.7. The normalized spacial score (nSPS) is 10.9. The first-order valence-electron chi connectivity index (χ1n) is 8.32. The summed E-state index contributed by atoms with van der Waals surface area (Å²) in [7, 11) is 1.82. The SMILES string of the molecule is Cc1ccc(Nc2c(C(=O)NOCCO)n(C)c3ccncc23)c(C)c1. The molecule has 0 aliphatic heterocycles. The lowest BCUT2D eigenvalue weighted by Crippen LogP contribution is -2.27. The number of anilines is 2. The van der Waals surface area contributed by atoms with E-state index in [1.54, 1.807) is 17.0 Å². The summed E-state index contributed by atoms with van der Waals surface area (Å²) in [4.78, 5) is 21.8. The second-order valence-electron chi connectivity index (χ2n) is 6.12. The molecule has 0 bridgehead atoms. The van der Waals surface area contributed by atoms with Crippen molar-refractivity contribution in [3.05, 3.63) is 53.5 Å². The molecule has 3 rings (SSSR count). The van der Waals surface area contributed by atoms with E-state index in [4.69, 9.17) is 9.94 Å². The Labute approximate surface area is 151 Å². The third-order valence-corrected chi connectivity index (χ3v) is 4.22. The molecule has 0 fully saturated rings. The number of aliphatic hydroxyl groups excluding tert-OH is 1. The molecule has 0 unspecified atom stereocenters. The van der Waals surface area contributed by atoms with E-state index in [0.717, 1.165) is 22.2 Å². The van der Waals surface area contributed by atoms with Gasteiger partial charge < -0.3 is 15.0 Å². The van der Waals surface area contributed by atoms with Crippen molar-refractivity contribution in [3.63, 3.8) is 0 Å². The Morgan fingerprint density at radius 1 is 1.31 bits per heavy atom. The van der Waals surface area contributed by atoms with Gasteiger partial charge in [-0.25, -0.2) is 5.48 Å². The molecule has 2 aromatic heterocycles. The fourth-order valence-electron chi connectivity index (χ4n) is 2.98. The summed E-state index contributed by atoms with van der Waals surface area (Å²) in [6.07, 6.45) is 3.42. The Kier molecular flexibility index (Phi) is 5.20. The van der Waals surface area contributed by atoms with Gasteiger partial charge >= 0.3 is 0 Å². The van der Waals surface area contributed by atoms with Gasteiger partial charge in [0, 0.05) is 30.5 Å². The largest absolute Gasteiger partial charge is 0.394 e. The average Bonchev–Trinajstić information content (AvgIpc) is 2.90. The van der Waals surface area contributed by atoms with Gasteiger partial charge in [0.2, 0.25) is 0 Å². The second kappa shape index (κ2) is 7.55. The van der Waals surface area contributed by atoms with Gasteiger partial charge in [0.1, 0.15) is 5.69 Å². The Morgan fingerprint density at radius 3 is 2.85 bits per heavy atom. The van der Waals surface area contributed by atoms with E-state index in [-0.39, 0.29) is 13.2 Å². The number of carbonyl (C=O) groups is 1. The third-order valence-electron chi connectivity index (χ3n) is 4.22. The van der Waals surface area contributed by atoms with Crippen molar-refractivity contribution >= 4 is 28.2 Å². The molecule has 1 aromatic carbocycles. The van der Waals surface area contributed by atoms with Gasteiger partial charge in [0.25, 0.3) is 5.91 Å². The van der Waals surface area contributed by atoms with Crippen LogP contribution >= 0.6 is 0 Å². The van der Waals surface area contributed by atoms with Gasteiger partial charge in [-0.05, 0) is 31.5 Å². The number of nitrogens with zero attached hydrogens (tertiary/aromatic N) is 2. The number of fused-ring (bicyclic) bond motifs is 1. The van der Waals surface area contributed by atoms with Crippen LogP contribution in [0.1, 0.15) is 21.6 Å². The van der Waals surface area contributed by atoms with Gasteiger partial charge in [-0.3, -0.25) is 14.6 Å². The first-order valence-corrected chi connectivity index (χ1v) is 8.32. The Morgan fingerprint density at radius 2 is 2.12 bits per heavy atom. The summed E-state index contributed by atoms with van der Waals surface area (Å²) in [6, 6.07) is 7.94. The van der Waals surface area contributed by atoms with Crippen molar-refractivity contribution in [2.24, 2.45) is 7.05 Å². The van der Waals surface area contributed by atoms with Crippen molar-refractivity contribution in [2.45, 2.75) is 13.8 Å². The molecule has 26 heavy (non-hydrogen) atoms. The van der Waals surface area contributed by atoms with Crippen LogP contribution in [0.15, 0.2) is 36.7 Å². The van der Waals surface area contributed by atoms with E-state index < -0.39 is 5.91 Å². The van der Waals surface area contributed by atoms with Crippen molar-refractivity contribution in [2.75, 3.05) is 18.5 Å². The topological polar surface area (TPSA) is 88.4 Å². The monoisotopic (exact) mass is 354 g/mol. The molecule has 0 saturated heterocycles. The van der Waals surface area contributed by atoms with Crippen molar-refractivity contribution in [1.82, 2.24) is 15.0 Å². The maximum atomic E-state index is 12.7. The number of amides is 1. The molecule has 0 radical (unpaired) electrons. The molecule has 0 spiro atoms. The number of hydrogen-bond acceptors (Lipinski definition) is 5. The summed E-state index contributed by atoms with van der Waals surface area (Å²) in [5, 5.41) is 13.0. The molecule has 3 aromatic rings. The predicted octanol–water partition coefficient (Wildman–Crippen LogP) is 2.59. The maximum absolute atomic E-state index is 12.7. The number of rotatable bonds is 6. The standard InChI is InChI=1S/C19H22N4O3/c1-12-4-5-15(13(2)10-12)21-17-14-11-20-7-6-16(14)23(3)18(17)19(25)22-26-9-8-24/h4-7,10-11,21,24H,8-9H2,1-3H3,(H,22,25). The van der Waals surface area contributed by atoms with E-state index in [1.165, 1.54) is 5.56 Å². The van der Waals surface area contributed by atoms with E-state index in [2.05, 4.69) is 21.8 Å². The Bertz CT molecular complexity index is 949. The van der Waals surface area contributed by atoms with Crippen LogP contribution in [0, 0.1) is 13.8 Å².